The van der Waals surface area contributed by atoms with Gasteiger partial charge >= 0.3 is 0 Å². The minimum Gasteiger partial charge on any atom is -0.340 e. The maximum absolute atomic E-state index is 4.94. The molecule has 1 heterocycles. The molecule has 0 saturated heterocycles. The first-order chi connectivity index (χ1) is 7.74. The topological polar surface area (TPSA) is 51.0 Å². The molecule has 1 aromatic heterocycles. The van der Waals surface area contributed by atoms with E-state index in [-0.39, 0.29) is 0 Å². The van der Waals surface area contributed by atoms with Crippen LogP contribution in [0.5, 0.6) is 0 Å². The van der Waals surface area contributed by atoms with Crippen LogP contribution in [0.3, 0.4) is 0 Å². The van der Waals surface area contributed by atoms with E-state index in [4.69, 9.17) is 4.52 Å². The normalized spacial score (nSPS) is 19.1. The molecule has 1 N–H and O–H groups in total. The van der Waals surface area contributed by atoms with Gasteiger partial charge in [0.15, 0.2) is 5.82 Å². The molecule has 0 aliphatic heterocycles. The second kappa shape index (κ2) is 4.95. The molecule has 1 aliphatic carbocycles. The second-order valence-corrected chi connectivity index (χ2v) is 4.89. The number of nitrogens with one attached hydrogen (secondary N) is 1. The number of hydrogen-bond acceptors (Lipinski definition) is 4. The van der Waals surface area contributed by atoms with Crippen molar-refractivity contribution in [2.45, 2.75) is 52.5 Å². The summed E-state index contributed by atoms with van der Waals surface area (Å²) in [6, 6.07) is 0. The molecule has 1 fully saturated rings. The lowest BCUT2D eigenvalue weighted by atomic mass is 9.83. The van der Waals surface area contributed by atoms with Gasteiger partial charge in [-0.05, 0) is 24.7 Å². The Morgan fingerprint density at radius 1 is 1.38 bits per heavy atom. The van der Waals surface area contributed by atoms with Crippen LogP contribution >= 0.6 is 0 Å². The molecule has 0 bridgehead atoms. The summed E-state index contributed by atoms with van der Waals surface area (Å²) in [6.45, 7) is 5.92. The molecule has 0 spiro atoms. The van der Waals surface area contributed by atoms with Gasteiger partial charge in [-0.2, -0.15) is 4.98 Å². The zero-order valence-corrected chi connectivity index (χ0v) is 10.3. The lowest BCUT2D eigenvalue weighted by molar-refractivity contribution is 0.266. The monoisotopic (exact) mass is 223 g/mol. The smallest absolute Gasteiger partial charge is 0.223 e. The first-order valence-electron chi connectivity index (χ1n) is 6.24. The zero-order chi connectivity index (χ0) is 11.4. The molecule has 4 nitrogen and oxygen atoms in total. The molecule has 0 radical (unpaired) electrons. The summed E-state index contributed by atoms with van der Waals surface area (Å²) in [5, 5.41) is 7.34. The fourth-order valence-electron chi connectivity index (χ4n) is 2.63. The van der Waals surface area contributed by atoms with Crippen LogP contribution in [0.15, 0.2) is 4.52 Å². The van der Waals surface area contributed by atoms with Gasteiger partial charge in [0.25, 0.3) is 0 Å². The summed E-state index contributed by atoms with van der Waals surface area (Å²) in [6.07, 6.45) is 6.77. The van der Waals surface area contributed by atoms with E-state index in [0.717, 1.165) is 18.9 Å². The standard InChI is InChI=1S/C12H21N3O/c1-3-12(6-4-5-7-12)9-13-8-11-14-10(2)16-15-11/h13H,3-9H2,1-2H3. The number of hydrogen-bond donors (Lipinski definition) is 1. The highest BCUT2D eigenvalue weighted by molar-refractivity contribution is 4.88. The predicted molar refractivity (Wildman–Crippen MR) is 61.9 cm³/mol. The number of aryl methyl sites for hydroxylation is 1. The van der Waals surface area contributed by atoms with Gasteiger partial charge in [-0.1, -0.05) is 24.9 Å². The Balaban J connectivity index is 1.78. The van der Waals surface area contributed by atoms with Crippen molar-refractivity contribution in [2.24, 2.45) is 5.41 Å². The van der Waals surface area contributed by atoms with Crippen molar-refractivity contribution in [1.82, 2.24) is 15.5 Å². The molecule has 0 amide bonds. The van der Waals surface area contributed by atoms with Crippen LogP contribution < -0.4 is 5.32 Å². The SMILES string of the molecule is CCC1(CNCc2noc(C)n2)CCCC1. The van der Waals surface area contributed by atoms with E-state index >= 15 is 0 Å². The third kappa shape index (κ3) is 2.61. The Morgan fingerprint density at radius 3 is 2.69 bits per heavy atom. The van der Waals surface area contributed by atoms with Crippen molar-refractivity contribution >= 4 is 0 Å². The quantitative estimate of drug-likeness (QED) is 0.833. The number of aromatic nitrogens is 2. The van der Waals surface area contributed by atoms with Crippen LogP contribution in [-0.2, 0) is 6.54 Å². The zero-order valence-electron chi connectivity index (χ0n) is 10.3. The molecule has 1 saturated carbocycles. The van der Waals surface area contributed by atoms with Crippen molar-refractivity contribution < 1.29 is 4.52 Å². The summed E-state index contributed by atoms with van der Waals surface area (Å²) < 4.78 is 4.94. The summed E-state index contributed by atoms with van der Waals surface area (Å²) in [5.41, 5.74) is 0.527. The average molecular weight is 223 g/mol. The van der Waals surface area contributed by atoms with E-state index < -0.39 is 0 Å². The van der Waals surface area contributed by atoms with Crippen molar-refractivity contribution in [2.75, 3.05) is 6.54 Å². The van der Waals surface area contributed by atoms with E-state index in [0.29, 0.717) is 11.3 Å². The van der Waals surface area contributed by atoms with Gasteiger partial charge in [-0.3, -0.25) is 0 Å². The Bertz CT molecular complexity index is 329. The average Bonchev–Trinajstić information content (AvgIpc) is 2.89. The van der Waals surface area contributed by atoms with Crippen LogP contribution in [0.1, 0.15) is 50.7 Å². The minimum atomic E-state index is 0.527. The van der Waals surface area contributed by atoms with E-state index in [9.17, 15) is 0 Å². The molecule has 4 heteroatoms. The van der Waals surface area contributed by atoms with Crippen LogP contribution in [0.4, 0.5) is 0 Å². The van der Waals surface area contributed by atoms with Gasteiger partial charge < -0.3 is 9.84 Å². The van der Waals surface area contributed by atoms with Gasteiger partial charge in [0.1, 0.15) is 0 Å². The van der Waals surface area contributed by atoms with E-state index in [1.54, 1.807) is 0 Å². The molecule has 90 valence electrons. The molecular weight excluding hydrogens is 202 g/mol. The van der Waals surface area contributed by atoms with Gasteiger partial charge in [-0.15, -0.1) is 0 Å². The largest absolute Gasteiger partial charge is 0.340 e. The summed E-state index contributed by atoms with van der Waals surface area (Å²) >= 11 is 0. The van der Waals surface area contributed by atoms with E-state index in [1.165, 1.54) is 32.1 Å². The van der Waals surface area contributed by atoms with E-state index in [1.807, 2.05) is 6.92 Å². The van der Waals surface area contributed by atoms with Crippen molar-refractivity contribution in [1.29, 1.82) is 0 Å². The maximum atomic E-state index is 4.94. The van der Waals surface area contributed by atoms with Crippen LogP contribution in [-0.4, -0.2) is 16.7 Å². The molecule has 0 atom stereocenters. The number of nitrogens with zero attached hydrogens (tertiary/aromatic N) is 2. The maximum Gasteiger partial charge on any atom is 0.223 e. The van der Waals surface area contributed by atoms with Crippen molar-refractivity contribution in [3.63, 3.8) is 0 Å². The van der Waals surface area contributed by atoms with Crippen LogP contribution in [0.2, 0.25) is 0 Å². The molecule has 2 rings (SSSR count). The molecular formula is C12H21N3O. The Morgan fingerprint density at radius 2 is 2.12 bits per heavy atom. The molecule has 1 aliphatic rings. The summed E-state index contributed by atoms with van der Waals surface area (Å²) in [5.74, 6) is 1.41. The van der Waals surface area contributed by atoms with Gasteiger partial charge in [-0.25, -0.2) is 0 Å². The fourth-order valence-corrected chi connectivity index (χ4v) is 2.63. The van der Waals surface area contributed by atoms with Crippen molar-refractivity contribution in [3.05, 3.63) is 11.7 Å². The summed E-state index contributed by atoms with van der Waals surface area (Å²) in [7, 11) is 0. The highest BCUT2D eigenvalue weighted by Crippen LogP contribution is 2.40. The van der Waals surface area contributed by atoms with Gasteiger partial charge in [0.2, 0.25) is 5.89 Å². The molecule has 0 unspecified atom stereocenters. The Labute approximate surface area is 96.8 Å². The lowest BCUT2D eigenvalue weighted by Gasteiger charge is -2.27. The van der Waals surface area contributed by atoms with Crippen LogP contribution in [0, 0.1) is 12.3 Å². The second-order valence-electron chi connectivity index (χ2n) is 4.89. The predicted octanol–water partition coefficient (Wildman–Crippen LogP) is 2.44. The molecule has 0 aromatic carbocycles. The van der Waals surface area contributed by atoms with Crippen molar-refractivity contribution in [3.8, 4) is 0 Å². The lowest BCUT2D eigenvalue weighted by Crippen LogP contribution is -2.31. The third-order valence-electron chi connectivity index (χ3n) is 3.77. The first kappa shape index (κ1) is 11.6. The minimum absolute atomic E-state index is 0.527. The van der Waals surface area contributed by atoms with E-state index in [2.05, 4.69) is 22.4 Å². The highest BCUT2D eigenvalue weighted by Gasteiger charge is 2.31. The summed E-state index contributed by atoms with van der Waals surface area (Å²) in [4.78, 5) is 4.18. The fraction of sp³-hybridized carbons (Fsp3) is 0.833. The Kier molecular flexibility index (Phi) is 3.59. The molecule has 1 aromatic rings. The number of rotatable bonds is 5. The van der Waals surface area contributed by atoms with Crippen LogP contribution in [0.25, 0.3) is 0 Å². The first-order valence-corrected chi connectivity index (χ1v) is 6.24. The molecule has 16 heavy (non-hydrogen) atoms. The van der Waals surface area contributed by atoms with Gasteiger partial charge in [0.05, 0.1) is 6.54 Å². The highest BCUT2D eigenvalue weighted by atomic mass is 16.5. The van der Waals surface area contributed by atoms with Gasteiger partial charge in [0, 0.05) is 13.5 Å². The Hall–Kier alpha value is -0.900. The third-order valence-corrected chi connectivity index (χ3v) is 3.77.